The van der Waals surface area contributed by atoms with E-state index >= 15 is 0 Å². The van der Waals surface area contributed by atoms with Crippen molar-refractivity contribution in [2.75, 3.05) is 0 Å². The summed E-state index contributed by atoms with van der Waals surface area (Å²) >= 11 is 0. The fourth-order valence-electron chi connectivity index (χ4n) is 1.52. The first kappa shape index (κ1) is 16.1. The summed E-state index contributed by atoms with van der Waals surface area (Å²) in [6.45, 7) is 0. The summed E-state index contributed by atoms with van der Waals surface area (Å²) in [5.41, 5.74) is 0.380. The molecule has 0 aliphatic heterocycles. The molecule has 120 valence electrons. The van der Waals surface area contributed by atoms with Crippen LogP contribution >= 0.6 is 10.5 Å². The van der Waals surface area contributed by atoms with E-state index in [1.54, 1.807) is 0 Å². The molecule has 0 atom stereocenters. The van der Waals surface area contributed by atoms with Gasteiger partial charge >= 0.3 is 10.5 Å². The zero-order chi connectivity index (χ0) is 16.5. The summed E-state index contributed by atoms with van der Waals surface area (Å²) in [6.07, 6.45) is 0.604. The lowest BCUT2D eigenvalue weighted by Crippen LogP contribution is -2.13. The van der Waals surface area contributed by atoms with Gasteiger partial charge < -0.3 is 8.92 Å². The maximum absolute atomic E-state index is 12.2. The Hall–Kier alpha value is -2.29. The van der Waals surface area contributed by atoms with Gasteiger partial charge in [-0.3, -0.25) is 4.79 Å². The van der Waals surface area contributed by atoms with Gasteiger partial charge in [-0.1, -0.05) is 25.5 Å². The third-order valence-corrected chi connectivity index (χ3v) is 2.82. The van der Waals surface area contributed by atoms with E-state index in [0.717, 1.165) is 12.1 Å². The van der Waals surface area contributed by atoms with Gasteiger partial charge in [0, 0.05) is 11.6 Å². The van der Waals surface area contributed by atoms with Crippen LogP contribution in [0.15, 0.2) is 48.5 Å². The molecule has 0 fully saturated rings. The Morgan fingerprint density at radius 3 is 1.95 bits per heavy atom. The average molecular weight is 340 g/mol. The number of carbonyl (C=O) groups is 1. The molecule has 0 saturated carbocycles. The minimum atomic E-state index is -10.0. The van der Waals surface area contributed by atoms with Crippen molar-refractivity contribution in [2.45, 2.75) is 0 Å². The number of hydrogen-bond donors (Lipinski definition) is 0. The minimum absolute atomic E-state index is 0.127. The second-order valence-electron chi connectivity index (χ2n) is 4.25. The topological polar surface area (TPSA) is 35.5 Å². The third-order valence-electron chi connectivity index (χ3n) is 2.31. The summed E-state index contributed by atoms with van der Waals surface area (Å²) in [5.74, 6) is -0.991. The number of rotatable bonds is 5. The van der Waals surface area contributed by atoms with Crippen molar-refractivity contribution >= 4 is 16.8 Å². The Morgan fingerprint density at radius 2 is 1.41 bits per heavy atom. The Morgan fingerprint density at radius 1 is 0.818 bits per heavy atom. The second kappa shape index (κ2) is 4.60. The van der Waals surface area contributed by atoms with Crippen molar-refractivity contribution in [3.63, 3.8) is 0 Å². The van der Waals surface area contributed by atoms with Crippen LogP contribution < -0.4 is 8.92 Å². The van der Waals surface area contributed by atoms with E-state index in [4.69, 9.17) is 4.74 Å². The zero-order valence-electron chi connectivity index (χ0n) is 10.7. The molecule has 0 amide bonds. The molecule has 0 heterocycles. The van der Waals surface area contributed by atoms with Crippen LogP contribution in [0.5, 0.6) is 17.2 Å². The summed E-state index contributed by atoms with van der Waals surface area (Å²) < 4.78 is 69.4. The standard InChI is InChI=1S/C13H9F5O3S/c14-22(15,16,17,18)21-13-3-1-2-12(8-13)20-11-6-4-10(9-19)5-7-11/h1-9H. The monoisotopic (exact) mass is 340 g/mol. The predicted molar refractivity (Wildman–Crippen MR) is 72.1 cm³/mol. The summed E-state index contributed by atoms with van der Waals surface area (Å²) in [7, 11) is -10.0. The van der Waals surface area contributed by atoms with Gasteiger partial charge in [0.2, 0.25) is 0 Å². The number of aldehydes is 1. The van der Waals surface area contributed by atoms with Crippen LogP contribution in [-0.4, -0.2) is 6.29 Å². The number of benzene rings is 2. The fourth-order valence-corrected chi connectivity index (χ4v) is 1.99. The van der Waals surface area contributed by atoms with Crippen molar-refractivity contribution < 1.29 is 33.1 Å². The molecule has 2 aromatic rings. The SMILES string of the molecule is O=Cc1ccc(Oc2cccc(OS(F)(F)(F)(F)F)c2)cc1. The maximum Gasteiger partial charge on any atom is 0.435 e. The molecule has 0 aliphatic carbocycles. The molecule has 0 saturated heterocycles. The van der Waals surface area contributed by atoms with Crippen molar-refractivity contribution in [3.05, 3.63) is 54.1 Å². The van der Waals surface area contributed by atoms with Crippen molar-refractivity contribution in [3.8, 4) is 17.2 Å². The highest BCUT2D eigenvalue weighted by Crippen LogP contribution is 2.97. The Balaban J connectivity index is 2.20. The first-order valence-electron chi connectivity index (χ1n) is 5.72. The lowest BCUT2D eigenvalue weighted by atomic mass is 10.2. The minimum Gasteiger partial charge on any atom is -0.457 e. The number of ether oxygens (including phenoxy) is 1. The van der Waals surface area contributed by atoms with Gasteiger partial charge in [0.15, 0.2) is 0 Å². The maximum atomic E-state index is 12.2. The molecule has 0 spiro atoms. The molecule has 0 aliphatic rings. The van der Waals surface area contributed by atoms with Gasteiger partial charge in [-0.2, -0.15) is 0 Å². The van der Waals surface area contributed by atoms with E-state index in [1.807, 2.05) is 0 Å². The molecule has 2 rings (SSSR count). The molecule has 0 aromatic heterocycles. The zero-order valence-corrected chi connectivity index (χ0v) is 11.5. The van der Waals surface area contributed by atoms with Crippen molar-refractivity contribution in [2.24, 2.45) is 0 Å². The van der Waals surface area contributed by atoms with Gasteiger partial charge in [0.1, 0.15) is 23.5 Å². The average Bonchev–Trinajstić information content (AvgIpc) is 2.36. The molecule has 0 radical (unpaired) electrons. The highest BCUT2D eigenvalue weighted by atomic mass is 32.5. The normalized spacial score (nSPS) is 14.6. The number of carbonyl (C=O) groups excluding carboxylic acids is 1. The highest BCUT2D eigenvalue weighted by Gasteiger charge is 2.67. The van der Waals surface area contributed by atoms with Crippen molar-refractivity contribution in [1.82, 2.24) is 0 Å². The van der Waals surface area contributed by atoms with E-state index in [0.29, 0.717) is 17.9 Å². The van der Waals surface area contributed by atoms with Gasteiger partial charge in [0.05, 0.1) is 0 Å². The Labute approximate surface area is 122 Å². The predicted octanol–water partition coefficient (Wildman–Crippen LogP) is 5.88. The molecule has 22 heavy (non-hydrogen) atoms. The second-order valence-corrected chi connectivity index (χ2v) is 6.21. The van der Waals surface area contributed by atoms with Crippen LogP contribution in [0.1, 0.15) is 10.4 Å². The van der Waals surface area contributed by atoms with E-state index < -0.39 is 16.3 Å². The van der Waals surface area contributed by atoms with Gasteiger partial charge in [0.25, 0.3) is 0 Å². The quantitative estimate of drug-likeness (QED) is 0.503. The smallest absolute Gasteiger partial charge is 0.435 e. The fraction of sp³-hybridized carbons (Fsp3) is 0. The molecule has 2 aromatic carbocycles. The van der Waals surface area contributed by atoms with Crippen LogP contribution in [0.3, 0.4) is 0 Å². The molecule has 3 nitrogen and oxygen atoms in total. The molecular formula is C13H9F5O3S. The molecular weight excluding hydrogens is 331 g/mol. The summed E-state index contributed by atoms with van der Waals surface area (Å²) in [6, 6.07) is 9.43. The first-order valence-corrected chi connectivity index (χ1v) is 7.59. The molecule has 9 heteroatoms. The Bertz CT molecular complexity index is 698. The van der Waals surface area contributed by atoms with E-state index in [-0.39, 0.29) is 11.5 Å². The lowest BCUT2D eigenvalue weighted by molar-refractivity contribution is 0.112. The van der Waals surface area contributed by atoms with Crippen LogP contribution in [0, 0.1) is 0 Å². The highest BCUT2D eigenvalue weighted by molar-refractivity contribution is 8.42. The van der Waals surface area contributed by atoms with Crippen LogP contribution in [0.4, 0.5) is 19.4 Å². The van der Waals surface area contributed by atoms with E-state index in [2.05, 4.69) is 4.18 Å². The lowest BCUT2D eigenvalue weighted by Gasteiger charge is -2.39. The number of hydrogen-bond acceptors (Lipinski definition) is 3. The number of halogens is 5. The van der Waals surface area contributed by atoms with Crippen LogP contribution in [0.2, 0.25) is 0 Å². The molecule has 0 unspecified atom stereocenters. The van der Waals surface area contributed by atoms with Crippen molar-refractivity contribution in [1.29, 1.82) is 0 Å². The van der Waals surface area contributed by atoms with Gasteiger partial charge in [-0.25, -0.2) is 0 Å². The summed E-state index contributed by atoms with van der Waals surface area (Å²) in [4.78, 5) is 10.5. The van der Waals surface area contributed by atoms with E-state index in [9.17, 15) is 24.2 Å². The van der Waals surface area contributed by atoms with E-state index in [1.165, 1.54) is 30.3 Å². The molecule has 0 N–H and O–H groups in total. The summed E-state index contributed by atoms with van der Waals surface area (Å²) in [5, 5.41) is 0. The van der Waals surface area contributed by atoms with Gasteiger partial charge in [-0.15, -0.1) is 0 Å². The third kappa shape index (κ3) is 5.24. The Kier molecular flexibility index (Phi) is 3.36. The van der Waals surface area contributed by atoms with Gasteiger partial charge in [-0.05, 0) is 36.4 Å². The largest absolute Gasteiger partial charge is 0.457 e. The van der Waals surface area contributed by atoms with Crippen LogP contribution in [0.25, 0.3) is 0 Å². The van der Waals surface area contributed by atoms with Crippen LogP contribution in [-0.2, 0) is 0 Å². The first-order chi connectivity index (χ1) is 9.94. The molecule has 0 bridgehead atoms.